The van der Waals surface area contributed by atoms with Gasteiger partial charge in [-0.2, -0.15) is 0 Å². The monoisotopic (exact) mass is 624 g/mol. The van der Waals surface area contributed by atoms with Gasteiger partial charge in [0, 0.05) is 49.5 Å². The van der Waals surface area contributed by atoms with Crippen molar-refractivity contribution in [2.75, 3.05) is 36.1 Å². The van der Waals surface area contributed by atoms with Gasteiger partial charge >= 0.3 is 12.2 Å². The Morgan fingerprint density at radius 1 is 0.783 bits per heavy atom. The third kappa shape index (κ3) is 8.09. The van der Waals surface area contributed by atoms with E-state index < -0.39 is 23.2 Å². The molecule has 46 heavy (non-hydrogen) atoms. The number of benzene rings is 2. The molecule has 0 radical (unpaired) electrons. The van der Waals surface area contributed by atoms with Crippen LogP contribution >= 0.6 is 0 Å². The SMILES string of the molecule is CC(C)(C)OC(=O)NN(C(=O)c1ccc2nc(N3CCN(C(=O)OC(C)(C)C)CC3)ccc2c1)c1cccc(-c2ccncc2)c1. The Morgan fingerprint density at radius 3 is 2.15 bits per heavy atom. The van der Waals surface area contributed by atoms with E-state index in [-0.39, 0.29) is 6.09 Å². The Bertz CT molecular complexity index is 1720. The van der Waals surface area contributed by atoms with E-state index in [9.17, 15) is 14.4 Å². The Kier molecular flexibility index (Phi) is 9.13. The fourth-order valence-corrected chi connectivity index (χ4v) is 4.99. The number of ether oxygens (including phenoxy) is 2. The average Bonchev–Trinajstić information content (AvgIpc) is 3.02. The number of nitrogens with one attached hydrogen (secondary N) is 1. The minimum atomic E-state index is -0.758. The molecule has 0 unspecified atom stereocenters. The van der Waals surface area contributed by atoms with Gasteiger partial charge in [0.2, 0.25) is 0 Å². The van der Waals surface area contributed by atoms with Gasteiger partial charge in [-0.05, 0) is 107 Å². The van der Waals surface area contributed by atoms with Gasteiger partial charge in [-0.25, -0.2) is 25.0 Å². The molecule has 0 atom stereocenters. The summed E-state index contributed by atoms with van der Waals surface area (Å²) in [6, 6.07) is 20.1. The normalized spacial score (nSPS) is 13.7. The van der Waals surface area contributed by atoms with E-state index in [0.29, 0.717) is 37.4 Å². The maximum Gasteiger partial charge on any atom is 0.427 e. The molecule has 0 spiro atoms. The lowest BCUT2D eigenvalue weighted by Gasteiger charge is -2.36. The summed E-state index contributed by atoms with van der Waals surface area (Å²) in [4.78, 5) is 52.1. The number of anilines is 2. The van der Waals surface area contributed by atoms with Gasteiger partial charge in [0.25, 0.3) is 5.91 Å². The minimum absolute atomic E-state index is 0.310. The van der Waals surface area contributed by atoms with E-state index in [1.165, 1.54) is 5.01 Å². The molecule has 1 saturated heterocycles. The van der Waals surface area contributed by atoms with Crippen molar-refractivity contribution >= 4 is 40.5 Å². The molecule has 1 aliphatic heterocycles. The first-order valence-corrected chi connectivity index (χ1v) is 15.2. The second-order valence-corrected chi connectivity index (χ2v) is 13.1. The van der Waals surface area contributed by atoms with Gasteiger partial charge in [-0.3, -0.25) is 9.78 Å². The molecule has 3 heterocycles. The summed E-state index contributed by atoms with van der Waals surface area (Å²) < 4.78 is 11.0. The average molecular weight is 625 g/mol. The van der Waals surface area contributed by atoms with E-state index in [2.05, 4.69) is 15.3 Å². The molecule has 5 rings (SSSR count). The molecule has 2 aromatic heterocycles. The molecule has 1 aliphatic rings. The third-order valence-electron chi connectivity index (χ3n) is 7.10. The second kappa shape index (κ2) is 13.0. The summed E-state index contributed by atoms with van der Waals surface area (Å²) in [5.74, 6) is 0.346. The highest BCUT2D eigenvalue weighted by Gasteiger charge is 2.27. The standard InChI is InChI=1S/C35H40N6O5/c1-34(2,3)45-32(43)38-41(28-9-7-8-25(23-28)24-14-16-36-17-15-24)31(42)27-10-12-29-26(22-27)11-13-30(37-29)39-18-20-40(21-19-39)33(44)46-35(4,5)6/h7-17,22-23H,18-21H2,1-6H3,(H,38,43). The van der Waals surface area contributed by atoms with Gasteiger partial charge in [-0.15, -0.1) is 0 Å². The predicted octanol–water partition coefficient (Wildman–Crippen LogP) is 6.44. The molecular weight excluding hydrogens is 584 g/mol. The molecule has 0 aliphatic carbocycles. The number of hydrogen-bond acceptors (Lipinski definition) is 8. The van der Waals surface area contributed by atoms with Gasteiger partial charge in [-0.1, -0.05) is 12.1 Å². The summed E-state index contributed by atoms with van der Waals surface area (Å²) in [6.07, 6.45) is 2.33. The van der Waals surface area contributed by atoms with Gasteiger partial charge in [0.15, 0.2) is 0 Å². The van der Waals surface area contributed by atoms with Crippen molar-refractivity contribution in [1.29, 1.82) is 0 Å². The number of hydrazine groups is 1. The van der Waals surface area contributed by atoms with Crippen molar-refractivity contribution < 1.29 is 23.9 Å². The van der Waals surface area contributed by atoms with Crippen molar-refractivity contribution in [3.8, 4) is 11.1 Å². The van der Waals surface area contributed by atoms with Gasteiger partial charge < -0.3 is 19.3 Å². The van der Waals surface area contributed by atoms with E-state index in [1.54, 1.807) is 62.3 Å². The van der Waals surface area contributed by atoms with Crippen molar-refractivity contribution in [1.82, 2.24) is 20.3 Å². The zero-order chi connectivity index (χ0) is 33.1. The Morgan fingerprint density at radius 2 is 1.48 bits per heavy atom. The molecule has 11 heteroatoms. The van der Waals surface area contributed by atoms with Crippen LogP contribution in [-0.4, -0.2) is 70.3 Å². The second-order valence-electron chi connectivity index (χ2n) is 13.1. The Balaban J connectivity index is 1.37. The summed E-state index contributed by atoms with van der Waals surface area (Å²) in [7, 11) is 0. The molecule has 1 fully saturated rings. The molecule has 4 aromatic rings. The smallest absolute Gasteiger partial charge is 0.427 e. The maximum atomic E-state index is 14.0. The first-order valence-electron chi connectivity index (χ1n) is 15.2. The van der Waals surface area contributed by atoms with Crippen LogP contribution in [0.4, 0.5) is 21.1 Å². The lowest BCUT2D eigenvalue weighted by atomic mass is 10.1. The minimum Gasteiger partial charge on any atom is -0.444 e. The van der Waals surface area contributed by atoms with Crippen LogP contribution < -0.4 is 15.3 Å². The number of nitrogens with zero attached hydrogens (tertiary/aromatic N) is 5. The van der Waals surface area contributed by atoms with Gasteiger partial charge in [0.1, 0.15) is 17.0 Å². The number of amides is 3. The number of carbonyl (C=O) groups is 3. The Labute approximate surface area is 269 Å². The quantitative estimate of drug-likeness (QED) is 0.258. The van der Waals surface area contributed by atoms with E-state index in [4.69, 9.17) is 14.5 Å². The molecule has 0 bridgehead atoms. The van der Waals surface area contributed by atoms with Gasteiger partial charge in [0.05, 0.1) is 11.2 Å². The van der Waals surface area contributed by atoms with E-state index >= 15 is 0 Å². The highest BCUT2D eigenvalue weighted by atomic mass is 16.6. The molecular formula is C35H40N6O5. The highest BCUT2D eigenvalue weighted by Crippen LogP contribution is 2.27. The molecule has 240 valence electrons. The van der Waals surface area contributed by atoms with Crippen LogP contribution in [0.2, 0.25) is 0 Å². The summed E-state index contributed by atoms with van der Waals surface area (Å²) in [6.45, 7) is 13.2. The van der Waals surface area contributed by atoms with E-state index in [1.807, 2.05) is 63.2 Å². The number of aromatic nitrogens is 2. The number of carbonyl (C=O) groups excluding carboxylic acids is 3. The van der Waals surface area contributed by atoms with E-state index in [0.717, 1.165) is 27.8 Å². The van der Waals surface area contributed by atoms with Crippen LogP contribution in [0.5, 0.6) is 0 Å². The molecule has 11 nitrogen and oxygen atoms in total. The molecule has 0 saturated carbocycles. The van der Waals surface area contributed by atoms with Crippen LogP contribution in [0.25, 0.3) is 22.0 Å². The third-order valence-corrected chi connectivity index (χ3v) is 7.10. The zero-order valence-corrected chi connectivity index (χ0v) is 27.1. The van der Waals surface area contributed by atoms with Crippen molar-refractivity contribution in [3.63, 3.8) is 0 Å². The van der Waals surface area contributed by atoms with Crippen molar-refractivity contribution in [2.24, 2.45) is 0 Å². The van der Waals surface area contributed by atoms with Crippen LogP contribution in [0.1, 0.15) is 51.9 Å². The lowest BCUT2D eigenvalue weighted by molar-refractivity contribution is 0.0240. The summed E-state index contributed by atoms with van der Waals surface area (Å²) in [5, 5.41) is 1.97. The van der Waals surface area contributed by atoms with Crippen LogP contribution in [0, 0.1) is 0 Å². The topological polar surface area (TPSA) is 117 Å². The lowest BCUT2D eigenvalue weighted by Crippen LogP contribution is -2.50. The van der Waals surface area contributed by atoms with Crippen LogP contribution in [0.15, 0.2) is 79.1 Å². The Hall–Kier alpha value is -5.19. The molecule has 1 N–H and O–H groups in total. The summed E-state index contributed by atoms with van der Waals surface area (Å²) in [5.41, 5.74) is 4.65. The van der Waals surface area contributed by atoms with Crippen molar-refractivity contribution in [2.45, 2.75) is 52.7 Å². The highest BCUT2D eigenvalue weighted by molar-refractivity contribution is 6.08. The van der Waals surface area contributed by atoms with Crippen LogP contribution in [0.3, 0.4) is 0 Å². The largest absolute Gasteiger partial charge is 0.444 e. The first-order chi connectivity index (χ1) is 21.8. The fraction of sp³-hybridized carbons (Fsp3) is 0.343. The maximum absolute atomic E-state index is 14.0. The van der Waals surface area contributed by atoms with Crippen LogP contribution in [-0.2, 0) is 9.47 Å². The number of pyridine rings is 2. The first kappa shape index (κ1) is 32.2. The fourth-order valence-electron chi connectivity index (χ4n) is 4.99. The summed E-state index contributed by atoms with van der Waals surface area (Å²) >= 11 is 0. The number of piperazine rings is 1. The molecule has 3 amide bonds. The molecule has 2 aromatic carbocycles. The number of hydrogen-bond donors (Lipinski definition) is 1. The predicted molar refractivity (Wildman–Crippen MR) is 178 cm³/mol. The van der Waals surface area contributed by atoms with Crippen molar-refractivity contribution in [3.05, 3.63) is 84.7 Å². The zero-order valence-electron chi connectivity index (χ0n) is 27.1. The number of rotatable bonds is 4. The number of fused-ring (bicyclic) bond motifs is 1.